The molecule has 0 aliphatic rings. The second kappa shape index (κ2) is 9.35. The zero-order chi connectivity index (χ0) is 19.1. The van der Waals surface area contributed by atoms with Crippen molar-refractivity contribution in [3.05, 3.63) is 69.8 Å². The first kappa shape index (κ1) is 19.9. The van der Waals surface area contributed by atoms with Gasteiger partial charge in [0.1, 0.15) is 0 Å². The van der Waals surface area contributed by atoms with Crippen LogP contribution < -0.4 is 5.32 Å². The van der Waals surface area contributed by atoms with E-state index in [1.807, 2.05) is 33.2 Å². The van der Waals surface area contributed by atoms with Crippen molar-refractivity contribution in [3.63, 3.8) is 0 Å². The monoisotopic (exact) mass is 373 g/mol. The van der Waals surface area contributed by atoms with E-state index >= 15 is 0 Å². The fraction of sp³-hybridized carbons (Fsp3) is 0.316. The van der Waals surface area contributed by atoms with Crippen LogP contribution in [-0.4, -0.2) is 35.1 Å². The highest BCUT2D eigenvalue weighted by Gasteiger charge is 2.15. The summed E-state index contributed by atoms with van der Waals surface area (Å²) in [5, 5.41) is 13.3. The van der Waals surface area contributed by atoms with E-state index in [4.69, 9.17) is 0 Å². The fourth-order valence-corrected chi connectivity index (χ4v) is 3.26. The number of hydrogen-bond donors (Lipinski definition) is 1. The standard InChI is InChI=1S/C19H23N3O3S/c1-14(26-18-10-8-17(9-11-18)22(24)25)19(23)20-12-15-4-6-16(7-5-15)13-21(2)3/h4-11,14H,12-13H2,1-3H3,(H,20,23)/t14-/m1/s1. The first-order valence-electron chi connectivity index (χ1n) is 8.26. The van der Waals surface area contributed by atoms with Crippen LogP contribution in [0.3, 0.4) is 0 Å². The normalized spacial score (nSPS) is 12.0. The minimum absolute atomic E-state index is 0.0455. The summed E-state index contributed by atoms with van der Waals surface area (Å²) >= 11 is 1.38. The molecular weight excluding hydrogens is 350 g/mol. The lowest BCUT2D eigenvalue weighted by Gasteiger charge is -2.13. The molecule has 0 unspecified atom stereocenters. The highest BCUT2D eigenvalue weighted by molar-refractivity contribution is 8.00. The summed E-state index contributed by atoms with van der Waals surface area (Å²) in [5.41, 5.74) is 2.32. The number of carbonyl (C=O) groups is 1. The number of non-ortho nitro benzene ring substituents is 1. The van der Waals surface area contributed by atoms with Gasteiger partial charge in [-0.05, 0) is 44.3 Å². The average Bonchev–Trinajstić information content (AvgIpc) is 2.60. The van der Waals surface area contributed by atoms with Crippen LogP contribution in [0.2, 0.25) is 0 Å². The molecule has 0 aliphatic heterocycles. The smallest absolute Gasteiger partial charge is 0.269 e. The number of nitrogens with one attached hydrogen (secondary N) is 1. The molecule has 7 heteroatoms. The molecule has 0 bridgehead atoms. The summed E-state index contributed by atoms with van der Waals surface area (Å²) in [6, 6.07) is 14.4. The molecular formula is C19H23N3O3S. The Balaban J connectivity index is 1.83. The van der Waals surface area contributed by atoms with E-state index in [2.05, 4.69) is 22.3 Å². The number of benzene rings is 2. The molecule has 1 N–H and O–H groups in total. The van der Waals surface area contributed by atoms with Gasteiger partial charge in [-0.3, -0.25) is 14.9 Å². The Morgan fingerprint density at radius 2 is 1.69 bits per heavy atom. The molecule has 0 fully saturated rings. The van der Waals surface area contributed by atoms with E-state index in [9.17, 15) is 14.9 Å². The van der Waals surface area contributed by atoms with Crippen molar-refractivity contribution in [2.24, 2.45) is 0 Å². The Morgan fingerprint density at radius 3 is 2.23 bits per heavy atom. The number of carbonyl (C=O) groups excluding carboxylic acids is 1. The molecule has 2 aromatic carbocycles. The molecule has 2 rings (SSSR count). The molecule has 0 saturated heterocycles. The summed E-state index contributed by atoms with van der Waals surface area (Å²) in [6.07, 6.45) is 0. The number of thioether (sulfide) groups is 1. The summed E-state index contributed by atoms with van der Waals surface area (Å²) < 4.78 is 0. The second-order valence-corrected chi connectivity index (χ2v) is 7.70. The van der Waals surface area contributed by atoms with Crippen LogP contribution in [0.4, 0.5) is 5.69 Å². The summed E-state index contributed by atoms with van der Waals surface area (Å²) in [4.78, 5) is 25.4. The third kappa shape index (κ3) is 6.16. The van der Waals surface area contributed by atoms with Crippen molar-refractivity contribution in [2.75, 3.05) is 14.1 Å². The van der Waals surface area contributed by atoms with Crippen molar-refractivity contribution >= 4 is 23.4 Å². The Kier molecular flexibility index (Phi) is 7.17. The van der Waals surface area contributed by atoms with Crippen molar-refractivity contribution in [2.45, 2.75) is 30.2 Å². The summed E-state index contributed by atoms with van der Waals surface area (Å²) in [7, 11) is 4.05. The van der Waals surface area contributed by atoms with Crippen LogP contribution >= 0.6 is 11.8 Å². The van der Waals surface area contributed by atoms with Crippen LogP contribution in [0.25, 0.3) is 0 Å². The number of nitro benzene ring substituents is 1. The summed E-state index contributed by atoms with van der Waals surface area (Å²) in [6.45, 7) is 3.18. The number of rotatable bonds is 8. The van der Waals surface area contributed by atoms with Crippen LogP contribution in [0.1, 0.15) is 18.1 Å². The van der Waals surface area contributed by atoms with E-state index in [0.29, 0.717) is 6.54 Å². The minimum atomic E-state index is -0.436. The van der Waals surface area contributed by atoms with E-state index in [1.54, 1.807) is 12.1 Å². The average molecular weight is 373 g/mol. The van der Waals surface area contributed by atoms with Crippen LogP contribution in [0.5, 0.6) is 0 Å². The molecule has 0 radical (unpaired) electrons. The van der Waals surface area contributed by atoms with Gasteiger partial charge in [0.25, 0.3) is 5.69 Å². The van der Waals surface area contributed by atoms with Crippen molar-refractivity contribution < 1.29 is 9.72 Å². The maximum Gasteiger partial charge on any atom is 0.269 e. The first-order valence-corrected chi connectivity index (χ1v) is 9.14. The lowest BCUT2D eigenvalue weighted by atomic mass is 10.1. The minimum Gasteiger partial charge on any atom is -0.351 e. The van der Waals surface area contributed by atoms with Gasteiger partial charge in [0.2, 0.25) is 5.91 Å². The van der Waals surface area contributed by atoms with E-state index < -0.39 is 4.92 Å². The van der Waals surface area contributed by atoms with Gasteiger partial charge in [-0.2, -0.15) is 0 Å². The van der Waals surface area contributed by atoms with Crippen molar-refractivity contribution in [1.82, 2.24) is 10.2 Å². The molecule has 26 heavy (non-hydrogen) atoms. The maximum absolute atomic E-state index is 12.3. The van der Waals surface area contributed by atoms with Gasteiger partial charge in [-0.15, -0.1) is 11.8 Å². The molecule has 1 atom stereocenters. The van der Waals surface area contributed by atoms with Gasteiger partial charge in [0, 0.05) is 30.1 Å². The molecule has 0 spiro atoms. The van der Waals surface area contributed by atoms with Gasteiger partial charge >= 0.3 is 0 Å². The zero-order valence-corrected chi connectivity index (χ0v) is 16.0. The molecule has 2 aromatic rings. The Labute approximate surface area is 157 Å². The molecule has 0 aliphatic carbocycles. The highest BCUT2D eigenvalue weighted by Crippen LogP contribution is 2.25. The Morgan fingerprint density at radius 1 is 1.12 bits per heavy atom. The molecule has 0 heterocycles. The van der Waals surface area contributed by atoms with Gasteiger partial charge in [-0.25, -0.2) is 0 Å². The van der Waals surface area contributed by atoms with Crippen molar-refractivity contribution in [1.29, 1.82) is 0 Å². The Hall–Kier alpha value is -2.38. The number of nitro groups is 1. The predicted molar refractivity (Wildman–Crippen MR) is 104 cm³/mol. The van der Waals surface area contributed by atoms with Gasteiger partial charge in [0.05, 0.1) is 10.2 Å². The number of hydrogen-bond acceptors (Lipinski definition) is 5. The Bertz CT molecular complexity index is 746. The van der Waals surface area contributed by atoms with Crippen LogP contribution in [0.15, 0.2) is 53.4 Å². The van der Waals surface area contributed by atoms with Gasteiger partial charge in [-0.1, -0.05) is 24.3 Å². The molecule has 6 nitrogen and oxygen atoms in total. The summed E-state index contributed by atoms with van der Waals surface area (Å²) in [5.74, 6) is -0.0641. The fourth-order valence-electron chi connectivity index (χ4n) is 2.36. The van der Waals surface area contributed by atoms with E-state index in [0.717, 1.165) is 17.0 Å². The number of nitrogens with zero attached hydrogens (tertiary/aromatic N) is 2. The molecule has 1 amide bonds. The largest absolute Gasteiger partial charge is 0.351 e. The second-order valence-electron chi connectivity index (χ2n) is 6.28. The SMILES string of the molecule is C[C@@H](Sc1ccc([N+](=O)[O-])cc1)C(=O)NCc1ccc(CN(C)C)cc1. The predicted octanol–water partition coefficient (Wildman–Crippen LogP) is 3.45. The van der Waals surface area contributed by atoms with Crippen LogP contribution in [0, 0.1) is 10.1 Å². The third-order valence-corrected chi connectivity index (χ3v) is 4.83. The zero-order valence-electron chi connectivity index (χ0n) is 15.1. The highest BCUT2D eigenvalue weighted by atomic mass is 32.2. The lowest BCUT2D eigenvalue weighted by molar-refractivity contribution is -0.384. The quantitative estimate of drug-likeness (QED) is 0.436. The van der Waals surface area contributed by atoms with E-state index in [-0.39, 0.29) is 16.8 Å². The molecule has 0 aromatic heterocycles. The van der Waals surface area contributed by atoms with Crippen molar-refractivity contribution in [3.8, 4) is 0 Å². The van der Waals surface area contributed by atoms with Gasteiger partial charge < -0.3 is 10.2 Å². The topological polar surface area (TPSA) is 75.5 Å². The maximum atomic E-state index is 12.3. The molecule has 0 saturated carbocycles. The lowest BCUT2D eigenvalue weighted by Crippen LogP contribution is -2.30. The number of amides is 1. The van der Waals surface area contributed by atoms with Crippen LogP contribution in [-0.2, 0) is 17.9 Å². The van der Waals surface area contributed by atoms with E-state index in [1.165, 1.54) is 29.5 Å². The van der Waals surface area contributed by atoms with Gasteiger partial charge in [0.15, 0.2) is 0 Å². The first-order chi connectivity index (χ1) is 12.3. The third-order valence-electron chi connectivity index (χ3n) is 3.72. The molecule has 138 valence electrons.